The maximum absolute atomic E-state index is 12.1. The number of morpholine rings is 1. The number of carbonyl (C=O) groups is 1. The molecule has 0 radical (unpaired) electrons. The lowest BCUT2D eigenvalue weighted by molar-refractivity contribution is 0.0531. The zero-order valence-electron chi connectivity index (χ0n) is 11.5. The predicted octanol–water partition coefficient (Wildman–Crippen LogP) is 1.28. The molecule has 3 rings (SSSR count). The lowest BCUT2D eigenvalue weighted by atomic mass is 10.2. The van der Waals surface area contributed by atoms with Crippen LogP contribution in [0.1, 0.15) is 5.69 Å². The van der Waals surface area contributed by atoms with E-state index in [-0.39, 0.29) is 6.03 Å². The van der Waals surface area contributed by atoms with Crippen LogP contribution in [0, 0.1) is 0 Å². The molecule has 2 amide bonds. The minimum atomic E-state index is -0.116. The Hall–Kier alpha value is -2.41. The van der Waals surface area contributed by atoms with Gasteiger partial charge in [-0.2, -0.15) is 0 Å². The molecule has 21 heavy (non-hydrogen) atoms. The third kappa shape index (κ3) is 3.19. The maximum atomic E-state index is 12.1. The van der Waals surface area contributed by atoms with Crippen LogP contribution in [0.4, 0.5) is 4.79 Å². The van der Waals surface area contributed by atoms with Gasteiger partial charge in [0.05, 0.1) is 31.7 Å². The van der Waals surface area contributed by atoms with Gasteiger partial charge in [0.25, 0.3) is 0 Å². The molecule has 110 valence electrons. The lowest BCUT2D eigenvalue weighted by Gasteiger charge is -2.26. The van der Waals surface area contributed by atoms with Gasteiger partial charge in [0.15, 0.2) is 5.76 Å². The summed E-state index contributed by atoms with van der Waals surface area (Å²) in [7, 11) is 0. The van der Waals surface area contributed by atoms with Crippen LogP contribution in [-0.2, 0) is 11.3 Å². The molecule has 7 heteroatoms. The first-order chi connectivity index (χ1) is 10.3. The number of ether oxygens (including phenoxy) is 1. The van der Waals surface area contributed by atoms with Crippen LogP contribution in [0.15, 0.2) is 35.2 Å². The Balaban J connectivity index is 1.66. The van der Waals surface area contributed by atoms with Gasteiger partial charge in [-0.15, -0.1) is 0 Å². The zero-order chi connectivity index (χ0) is 14.5. The number of furan rings is 1. The minimum Gasteiger partial charge on any atom is -0.463 e. The number of hydrogen-bond acceptors (Lipinski definition) is 5. The van der Waals surface area contributed by atoms with Gasteiger partial charge in [-0.25, -0.2) is 9.78 Å². The fourth-order valence-electron chi connectivity index (χ4n) is 2.15. The average molecular weight is 288 g/mol. The van der Waals surface area contributed by atoms with Crippen LogP contribution < -0.4 is 5.32 Å². The molecule has 1 saturated heterocycles. The molecule has 2 aromatic rings. The highest BCUT2D eigenvalue weighted by atomic mass is 16.5. The van der Waals surface area contributed by atoms with Gasteiger partial charge in [-0.05, 0) is 12.1 Å². The van der Waals surface area contributed by atoms with Crippen molar-refractivity contribution in [2.24, 2.45) is 0 Å². The molecule has 1 fully saturated rings. The molecular weight excluding hydrogens is 272 g/mol. The van der Waals surface area contributed by atoms with Crippen molar-refractivity contribution in [1.29, 1.82) is 0 Å². The first kappa shape index (κ1) is 13.6. The first-order valence-electron chi connectivity index (χ1n) is 6.79. The molecule has 0 aliphatic carbocycles. The molecule has 1 N–H and O–H groups in total. The number of amides is 2. The van der Waals surface area contributed by atoms with E-state index in [2.05, 4.69) is 15.3 Å². The molecule has 0 aromatic carbocycles. The van der Waals surface area contributed by atoms with E-state index < -0.39 is 0 Å². The van der Waals surface area contributed by atoms with E-state index in [9.17, 15) is 4.79 Å². The topological polar surface area (TPSA) is 80.5 Å². The standard InChI is InChI=1S/C14H16N4O3/c19-14(18-5-8-20-9-6-18)17-10-11-13(16-4-3-15-11)12-2-1-7-21-12/h1-4,7H,5-6,8-10H2,(H,17,19). The first-order valence-corrected chi connectivity index (χ1v) is 6.79. The summed E-state index contributed by atoms with van der Waals surface area (Å²) in [5, 5.41) is 2.86. The Bertz CT molecular complexity index is 594. The SMILES string of the molecule is O=C(NCc1nccnc1-c1ccco1)N1CCOCC1. The zero-order valence-corrected chi connectivity index (χ0v) is 11.5. The van der Waals surface area contributed by atoms with Gasteiger partial charge in [-0.1, -0.05) is 0 Å². The highest BCUT2D eigenvalue weighted by molar-refractivity contribution is 5.74. The Kier molecular flexibility index (Phi) is 4.11. The second-order valence-corrected chi connectivity index (χ2v) is 4.59. The van der Waals surface area contributed by atoms with Crippen LogP contribution >= 0.6 is 0 Å². The highest BCUT2D eigenvalue weighted by Gasteiger charge is 2.17. The van der Waals surface area contributed by atoms with Gasteiger partial charge in [-0.3, -0.25) is 4.98 Å². The summed E-state index contributed by atoms with van der Waals surface area (Å²) in [6.45, 7) is 2.68. The van der Waals surface area contributed by atoms with Crippen molar-refractivity contribution in [2.45, 2.75) is 6.54 Å². The lowest BCUT2D eigenvalue weighted by Crippen LogP contribution is -2.46. The molecule has 1 aliphatic heterocycles. The van der Waals surface area contributed by atoms with Gasteiger partial charge < -0.3 is 19.4 Å². The van der Waals surface area contributed by atoms with Gasteiger partial charge in [0.2, 0.25) is 0 Å². The van der Waals surface area contributed by atoms with Crippen molar-refractivity contribution in [3.8, 4) is 11.5 Å². The number of hydrogen-bond donors (Lipinski definition) is 1. The quantitative estimate of drug-likeness (QED) is 0.920. The molecule has 1 aliphatic rings. The van der Waals surface area contributed by atoms with E-state index in [1.54, 1.807) is 29.6 Å². The second kappa shape index (κ2) is 6.36. The summed E-state index contributed by atoms with van der Waals surface area (Å²) >= 11 is 0. The monoisotopic (exact) mass is 288 g/mol. The normalized spacial score (nSPS) is 15.0. The number of aromatic nitrogens is 2. The number of urea groups is 1. The van der Waals surface area contributed by atoms with E-state index in [0.29, 0.717) is 50.0 Å². The summed E-state index contributed by atoms with van der Waals surface area (Å²) in [4.78, 5) is 22.3. The number of nitrogens with one attached hydrogen (secondary N) is 1. The van der Waals surface area contributed by atoms with E-state index >= 15 is 0 Å². The van der Waals surface area contributed by atoms with E-state index in [0.717, 1.165) is 0 Å². The average Bonchev–Trinajstić information content (AvgIpc) is 3.08. The van der Waals surface area contributed by atoms with Gasteiger partial charge >= 0.3 is 6.03 Å². The molecule has 0 bridgehead atoms. The minimum absolute atomic E-state index is 0.116. The number of nitrogens with zero attached hydrogens (tertiary/aromatic N) is 3. The molecule has 0 spiro atoms. The molecule has 0 saturated carbocycles. The van der Waals surface area contributed by atoms with Crippen molar-refractivity contribution in [2.75, 3.05) is 26.3 Å². The molecule has 0 unspecified atom stereocenters. The van der Waals surface area contributed by atoms with Crippen LogP contribution in [0.3, 0.4) is 0 Å². The third-order valence-electron chi connectivity index (χ3n) is 3.23. The maximum Gasteiger partial charge on any atom is 0.317 e. The van der Waals surface area contributed by atoms with Crippen LogP contribution in [0.2, 0.25) is 0 Å². The Morgan fingerprint density at radius 1 is 1.29 bits per heavy atom. The molecular formula is C14H16N4O3. The van der Waals surface area contributed by atoms with Crippen molar-refractivity contribution in [3.05, 3.63) is 36.5 Å². The van der Waals surface area contributed by atoms with Crippen molar-refractivity contribution in [3.63, 3.8) is 0 Å². The molecule has 0 atom stereocenters. The van der Waals surface area contributed by atoms with Crippen molar-refractivity contribution < 1.29 is 13.9 Å². The number of rotatable bonds is 3. The molecule has 2 aromatic heterocycles. The smallest absolute Gasteiger partial charge is 0.317 e. The Labute approximate surface area is 121 Å². The largest absolute Gasteiger partial charge is 0.463 e. The van der Waals surface area contributed by atoms with Gasteiger partial charge in [0.1, 0.15) is 5.69 Å². The van der Waals surface area contributed by atoms with Crippen molar-refractivity contribution >= 4 is 6.03 Å². The van der Waals surface area contributed by atoms with Crippen LogP contribution in [0.5, 0.6) is 0 Å². The van der Waals surface area contributed by atoms with Gasteiger partial charge in [0, 0.05) is 25.5 Å². The number of carbonyl (C=O) groups excluding carboxylic acids is 1. The molecule has 7 nitrogen and oxygen atoms in total. The summed E-state index contributed by atoms with van der Waals surface area (Å²) in [6.07, 6.45) is 4.79. The van der Waals surface area contributed by atoms with E-state index in [1.165, 1.54) is 0 Å². The summed E-state index contributed by atoms with van der Waals surface area (Å²) in [6, 6.07) is 3.49. The Morgan fingerprint density at radius 2 is 2.10 bits per heavy atom. The fraction of sp³-hybridized carbons (Fsp3) is 0.357. The fourth-order valence-corrected chi connectivity index (χ4v) is 2.15. The Morgan fingerprint density at radius 3 is 2.86 bits per heavy atom. The van der Waals surface area contributed by atoms with E-state index in [1.807, 2.05) is 6.07 Å². The van der Waals surface area contributed by atoms with E-state index in [4.69, 9.17) is 9.15 Å². The van der Waals surface area contributed by atoms with Crippen LogP contribution in [0.25, 0.3) is 11.5 Å². The molecule has 3 heterocycles. The van der Waals surface area contributed by atoms with Crippen LogP contribution in [-0.4, -0.2) is 47.2 Å². The summed E-state index contributed by atoms with van der Waals surface area (Å²) < 4.78 is 10.6. The van der Waals surface area contributed by atoms with Crippen molar-refractivity contribution in [1.82, 2.24) is 20.2 Å². The summed E-state index contributed by atoms with van der Waals surface area (Å²) in [5.41, 5.74) is 1.32. The highest BCUT2D eigenvalue weighted by Crippen LogP contribution is 2.19. The second-order valence-electron chi connectivity index (χ2n) is 4.59. The summed E-state index contributed by atoms with van der Waals surface area (Å²) in [5.74, 6) is 0.638. The third-order valence-corrected chi connectivity index (χ3v) is 3.23. The predicted molar refractivity (Wildman–Crippen MR) is 74.4 cm³/mol.